The van der Waals surface area contributed by atoms with Gasteiger partial charge in [0.2, 0.25) is 0 Å². The number of amides is 1. The summed E-state index contributed by atoms with van der Waals surface area (Å²) >= 11 is 0. The van der Waals surface area contributed by atoms with Crippen LogP contribution < -0.4 is 0 Å². The van der Waals surface area contributed by atoms with E-state index in [2.05, 4.69) is 34.2 Å². The zero-order valence-electron chi connectivity index (χ0n) is 20.7. The molecule has 1 fully saturated rings. The maximum atomic E-state index is 13.2. The first-order valence-electron chi connectivity index (χ1n) is 12.8. The van der Waals surface area contributed by atoms with E-state index in [0.717, 1.165) is 38.9 Å². The Labute approximate surface area is 220 Å². The Hall–Kier alpha value is -4.52. The maximum absolute atomic E-state index is 13.2. The molecular formula is C31H27N3O4. The van der Waals surface area contributed by atoms with E-state index in [4.69, 9.17) is 4.74 Å². The van der Waals surface area contributed by atoms with Crippen molar-refractivity contribution in [2.45, 2.75) is 24.8 Å². The number of hydrogen-bond acceptors (Lipinski definition) is 5. The van der Waals surface area contributed by atoms with Gasteiger partial charge >= 0.3 is 12.1 Å². The van der Waals surface area contributed by atoms with Gasteiger partial charge in [-0.15, -0.1) is 0 Å². The molecular weight excluding hydrogens is 478 g/mol. The van der Waals surface area contributed by atoms with Crippen LogP contribution in [0.3, 0.4) is 0 Å². The van der Waals surface area contributed by atoms with Crippen LogP contribution in [0.15, 0.2) is 91.5 Å². The zero-order chi connectivity index (χ0) is 26.1. The number of benzene rings is 3. The Balaban J connectivity index is 1.13. The summed E-state index contributed by atoms with van der Waals surface area (Å²) in [6.45, 7) is 0.521. The predicted molar refractivity (Wildman–Crippen MR) is 142 cm³/mol. The average molecular weight is 506 g/mol. The van der Waals surface area contributed by atoms with Crippen molar-refractivity contribution in [3.63, 3.8) is 0 Å². The molecule has 38 heavy (non-hydrogen) atoms. The first kappa shape index (κ1) is 23.9. The summed E-state index contributed by atoms with van der Waals surface area (Å²) < 4.78 is 5.78. The number of aromatic nitrogens is 2. The lowest BCUT2D eigenvalue weighted by atomic mass is 9.95. The van der Waals surface area contributed by atoms with E-state index in [1.54, 1.807) is 12.4 Å². The predicted octanol–water partition coefficient (Wildman–Crippen LogP) is 5.41. The van der Waals surface area contributed by atoms with Crippen LogP contribution >= 0.6 is 0 Å². The van der Waals surface area contributed by atoms with E-state index in [9.17, 15) is 14.7 Å². The van der Waals surface area contributed by atoms with Crippen LogP contribution in [-0.2, 0) is 16.0 Å². The van der Waals surface area contributed by atoms with Crippen LogP contribution in [0, 0.1) is 5.92 Å². The first-order valence-corrected chi connectivity index (χ1v) is 12.8. The monoisotopic (exact) mass is 505 g/mol. The van der Waals surface area contributed by atoms with Gasteiger partial charge in [-0.05, 0) is 52.1 Å². The zero-order valence-corrected chi connectivity index (χ0v) is 20.7. The number of carboxylic acids is 1. The van der Waals surface area contributed by atoms with E-state index in [0.29, 0.717) is 19.4 Å². The van der Waals surface area contributed by atoms with Crippen molar-refractivity contribution in [3.8, 4) is 22.3 Å². The quantitative estimate of drug-likeness (QED) is 0.377. The topological polar surface area (TPSA) is 92.6 Å². The molecule has 7 nitrogen and oxygen atoms in total. The van der Waals surface area contributed by atoms with Crippen LogP contribution in [0.5, 0.6) is 0 Å². The Kier molecular flexibility index (Phi) is 6.33. The van der Waals surface area contributed by atoms with Crippen molar-refractivity contribution in [2.24, 2.45) is 5.92 Å². The molecule has 1 aliphatic heterocycles. The number of carbonyl (C=O) groups excluding carboxylic acids is 1. The molecule has 2 aliphatic rings. The van der Waals surface area contributed by atoms with Gasteiger partial charge in [0.15, 0.2) is 0 Å². The second kappa shape index (κ2) is 10.1. The standard InChI is InChI=1S/C31H27N3O4/c35-30(36)29-14-21(13-20-9-11-22(12-10-20)23-15-32-19-33-16-23)17-34(29)31(37)38-18-28-26-7-3-1-5-24(26)25-6-2-4-8-27(25)28/h1-12,15-16,19,21,28-29H,13-14,17-18H2,(H,35,36)/t21-,29+/m1/s1. The van der Waals surface area contributed by atoms with E-state index in [1.165, 1.54) is 11.2 Å². The molecule has 0 spiro atoms. The third kappa shape index (κ3) is 4.52. The van der Waals surface area contributed by atoms with Crippen LogP contribution in [0.25, 0.3) is 22.3 Å². The van der Waals surface area contributed by atoms with Crippen molar-refractivity contribution in [3.05, 3.63) is 108 Å². The summed E-state index contributed by atoms with van der Waals surface area (Å²) in [5, 5.41) is 9.86. The molecule has 7 heteroatoms. The lowest BCUT2D eigenvalue weighted by molar-refractivity contribution is -0.141. The van der Waals surface area contributed by atoms with Crippen molar-refractivity contribution < 1.29 is 19.4 Å². The second-order valence-electron chi connectivity index (χ2n) is 9.94. The number of rotatable bonds is 6. The van der Waals surface area contributed by atoms with Crippen molar-refractivity contribution in [1.29, 1.82) is 0 Å². The van der Waals surface area contributed by atoms with E-state index >= 15 is 0 Å². The minimum absolute atomic E-state index is 0.0301. The van der Waals surface area contributed by atoms with E-state index in [-0.39, 0.29) is 18.4 Å². The fourth-order valence-corrected chi connectivity index (χ4v) is 5.80. The molecule has 0 saturated carbocycles. The number of hydrogen-bond donors (Lipinski definition) is 1. The number of fused-ring (bicyclic) bond motifs is 3. The highest BCUT2D eigenvalue weighted by atomic mass is 16.6. The van der Waals surface area contributed by atoms with Crippen molar-refractivity contribution in [1.82, 2.24) is 14.9 Å². The maximum Gasteiger partial charge on any atom is 0.410 e. The summed E-state index contributed by atoms with van der Waals surface area (Å²) in [4.78, 5) is 34.7. The fourth-order valence-electron chi connectivity index (χ4n) is 5.80. The molecule has 1 N–H and O–H groups in total. The smallest absolute Gasteiger partial charge is 0.410 e. The van der Waals surface area contributed by atoms with Gasteiger partial charge in [0.1, 0.15) is 19.0 Å². The molecule has 2 atom stereocenters. The summed E-state index contributed by atoms with van der Waals surface area (Å²) in [6, 6.07) is 23.5. The SMILES string of the molecule is O=C(O)[C@@H]1C[C@@H](Cc2ccc(-c3cncnc3)cc2)CN1C(=O)OCC1c2ccccc2-c2ccccc21. The molecule has 4 aromatic rings. The molecule has 2 heterocycles. The lowest BCUT2D eigenvalue weighted by Gasteiger charge is -2.22. The molecule has 1 amide bonds. The molecule has 3 aromatic carbocycles. The van der Waals surface area contributed by atoms with Crippen LogP contribution in [0.4, 0.5) is 4.79 Å². The minimum Gasteiger partial charge on any atom is -0.480 e. The van der Waals surface area contributed by atoms with Gasteiger partial charge in [-0.2, -0.15) is 0 Å². The van der Waals surface area contributed by atoms with Gasteiger partial charge in [-0.3, -0.25) is 4.90 Å². The average Bonchev–Trinajstić information content (AvgIpc) is 3.52. The number of aliphatic carboxylic acids is 1. The molecule has 0 bridgehead atoms. The first-order chi connectivity index (χ1) is 18.6. The molecule has 1 saturated heterocycles. The van der Waals surface area contributed by atoms with Crippen molar-refractivity contribution in [2.75, 3.05) is 13.2 Å². The number of carboxylic acid groups (broad SMARTS) is 1. The fraction of sp³-hybridized carbons (Fsp3) is 0.226. The van der Waals surface area contributed by atoms with Gasteiger partial charge in [-0.1, -0.05) is 72.8 Å². The summed E-state index contributed by atoms with van der Waals surface area (Å²) in [7, 11) is 0. The minimum atomic E-state index is -1.000. The third-order valence-electron chi connectivity index (χ3n) is 7.62. The number of ether oxygens (including phenoxy) is 1. The summed E-state index contributed by atoms with van der Waals surface area (Å²) in [5.41, 5.74) is 7.60. The summed E-state index contributed by atoms with van der Waals surface area (Å²) in [6.07, 6.45) is 5.54. The Morgan fingerprint density at radius 3 is 2.13 bits per heavy atom. The van der Waals surface area contributed by atoms with Crippen LogP contribution in [0.2, 0.25) is 0 Å². The lowest BCUT2D eigenvalue weighted by Crippen LogP contribution is -2.41. The molecule has 0 unspecified atom stereocenters. The Morgan fingerprint density at radius 2 is 1.50 bits per heavy atom. The Morgan fingerprint density at radius 1 is 0.868 bits per heavy atom. The van der Waals surface area contributed by atoms with Crippen LogP contribution in [-0.4, -0.2) is 51.2 Å². The van der Waals surface area contributed by atoms with Crippen molar-refractivity contribution >= 4 is 12.1 Å². The molecule has 1 aliphatic carbocycles. The summed E-state index contributed by atoms with van der Waals surface area (Å²) in [5.74, 6) is -1.04. The second-order valence-corrected chi connectivity index (χ2v) is 9.94. The molecule has 1 aromatic heterocycles. The normalized spacial score (nSPS) is 18.2. The number of likely N-dealkylation sites (tertiary alicyclic amines) is 1. The van der Waals surface area contributed by atoms with Gasteiger partial charge < -0.3 is 9.84 Å². The third-order valence-corrected chi connectivity index (χ3v) is 7.62. The molecule has 0 radical (unpaired) electrons. The van der Waals surface area contributed by atoms with Crippen LogP contribution in [0.1, 0.15) is 29.0 Å². The van der Waals surface area contributed by atoms with Gasteiger partial charge in [-0.25, -0.2) is 19.6 Å². The number of carbonyl (C=O) groups is 2. The van der Waals surface area contributed by atoms with Gasteiger partial charge in [0.25, 0.3) is 0 Å². The molecule has 190 valence electrons. The highest BCUT2D eigenvalue weighted by molar-refractivity contribution is 5.81. The highest BCUT2D eigenvalue weighted by Gasteiger charge is 2.41. The van der Waals surface area contributed by atoms with E-state index in [1.807, 2.05) is 48.5 Å². The van der Waals surface area contributed by atoms with Gasteiger partial charge in [0.05, 0.1) is 0 Å². The Bertz CT molecular complexity index is 1430. The highest BCUT2D eigenvalue weighted by Crippen LogP contribution is 2.44. The molecule has 6 rings (SSSR count). The largest absolute Gasteiger partial charge is 0.480 e. The van der Waals surface area contributed by atoms with E-state index < -0.39 is 18.1 Å². The number of nitrogens with zero attached hydrogens (tertiary/aromatic N) is 3. The van der Waals surface area contributed by atoms with Gasteiger partial charge in [0, 0.05) is 30.4 Å².